The molecule has 1 aromatic carbocycles. The molecule has 8 nitrogen and oxygen atoms in total. The molecule has 1 heterocycles. The summed E-state index contributed by atoms with van der Waals surface area (Å²) in [6.07, 6.45) is 1.99. The second kappa shape index (κ2) is 12.0. The number of amides is 1. The van der Waals surface area contributed by atoms with E-state index in [0.29, 0.717) is 30.8 Å². The highest BCUT2D eigenvalue weighted by Crippen LogP contribution is 2.43. The third-order valence-electron chi connectivity index (χ3n) is 5.64. The molecule has 3 rings (SSSR count). The molecule has 1 fully saturated rings. The van der Waals surface area contributed by atoms with Crippen LogP contribution in [-0.2, 0) is 25.7 Å². The van der Waals surface area contributed by atoms with Crippen LogP contribution in [0.15, 0.2) is 40.4 Å². The Bertz CT molecular complexity index is 995. The maximum atomic E-state index is 13.3. The van der Waals surface area contributed by atoms with Gasteiger partial charge in [0.05, 0.1) is 12.1 Å². The van der Waals surface area contributed by atoms with Crippen molar-refractivity contribution in [3.05, 3.63) is 41.1 Å². The summed E-state index contributed by atoms with van der Waals surface area (Å²) >= 11 is 4.53. The van der Waals surface area contributed by atoms with Crippen molar-refractivity contribution in [1.82, 2.24) is 10.2 Å². The fraction of sp³-hybridized carbons (Fsp3) is 0.478. The number of allylic oxidation sites excluding steroid dienone is 1. The van der Waals surface area contributed by atoms with Gasteiger partial charge in [0, 0.05) is 41.8 Å². The molecule has 0 saturated heterocycles. The van der Waals surface area contributed by atoms with Crippen molar-refractivity contribution >= 4 is 57.8 Å². The van der Waals surface area contributed by atoms with Gasteiger partial charge in [0.1, 0.15) is 6.04 Å². The van der Waals surface area contributed by atoms with E-state index >= 15 is 0 Å². The Morgan fingerprint density at radius 2 is 1.88 bits per heavy atom. The zero-order valence-electron chi connectivity index (χ0n) is 18.7. The van der Waals surface area contributed by atoms with Gasteiger partial charge in [0.25, 0.3) is 0 Å². The SMILES string of the molecule is CC(=O)NC(CSSC1CCN(Cc2ccccc2S)C(C(=O)C2CC2)=C1CC(=O)O)C(=O)O. The molecular formula is C23H28N2O6S3. The Morgan fingerprint density at radius 3 is 2.47 bits per heavy atom. The van der Waals surface area contributed by atoms with E-state index in [9.17, 15) is 29.4 Å². The van der Waals surface area contributed by atoms with E-state index in [-0.39, 0.29) is 29.1 Å². The number of benzene rings is 1. The molecule has 3 N–H and O–H groups in total. The standard InChI is InChI=1S/C23H28N2O6S3/c1-13(26)24-17(23(30)31)12-33-34-19-8-9-25(11-15-4-2-3-5-18(15)32)21(16(19)10-20(27)28)22(29)14-6-7-14/h2-5,14,17,19,32H,6-12H2,1H3,(H,24,26)(H,27,28)(H,30,31). The van der Waals surface area contributed by atoms with Crippen molar-refractivity contribution in [2.45, 2.75) is 55.3 Å². The number of nitrogens with zero attached hydrogens (tertiary/aromatic N) is 1. The molecule has 2 atom stereocenters. The largest absolute Gasteiger partial charge is 0.481 e. The number of hydrogen-bond donors (Lipinski definition) is 4. The van der Waals surface area contributed by atoms with Gasteiger partial charge in [0.2, 0.25) is 5.91 Å². The molecule has 1 amide bonds. The van der Waals surface area contributed by atoms with Crippen LogP contribution >= 0.6 is 34.2 Å². The quantitative estimate of drug-likeness (QED) is 0.241. The number of ketones is 1. The van der Waals surface area contributed by atoms with E-state index in [0.717, 1.165) is 23.3 Å². The fourth-order valence-electron chi connectivity index (χ4n) is 3.85. The molecule has 11 heteroatoms. The molecular weight excluding hydrogens is 496 g/mol. The topological polar surface area (TPSA) is 124 Å². The summed E-state index contributed by atoms with van der Waals surface area (Å²) in [5.41, 5.74) is 2.03. The lowest BCUT2D eigenvalue weighted by Gasteiger charge is -2.37. The molecule has 1 aliphatic heterocycles. The summed E-state index contributed by atoms with van der Waals surface area (Å²) in [6, 6.07) is 6.59. The zero-order valence-corrected chi connectivity index (χ0v) is 21.3. The number of thiol groups is 1. The number of carboxylic acid groups (broad SMARTS) is 2. The van der Waals surface area contributed by atoms with Crippen LogP contribution in [0.4, 0.5) is 0 Å². The van der Waals surface area contributed by atoms with Crippen LogP contribution in [0, 0.1) is 5.92 Å². The minimum absolute atomic E-state index is 0.00939. The van der Waals surface area contributed by atoms with Crippen molar-refractivity contribution in [2.24, 2.45) is 5.92 Å². The highest BCUT2D eigenvalue weighted by atomic mass is 33.1. The summed E-state index contributed by atoms with van der Waals surface area (Å²) in [4.78, 5) is 50.6. The fourth-order valence-corrected chi connectivity index (χ4v) is 6.97. The highest BCUT2D eigenvalue weighted by Gasteiger charge is 2.40. The normalized spacial score (nSPS) is 19.0. The van der Waals surface area contributed by atoms with Gasteiger partial charge in [-0.25, -0.2) is 4.79 Å². The maximum absolute atomic E-state index is 13.3. The van der Waals surface area contributed by atoms with Crippen molar-refractivity contribution in [1.29, 1.82) is 0 Å². The van der Waals surface area contributed by atoms with Crippen molar-refractivity contribution in [2.75, 3.05) is 12.3 Å². The molecule has 34 heavy (non-hydrogen) atoms. The average Bonchev–Trinajstić information content (AvgIpc) is 3.60. The van der Waals surface area contributed by atoms with E-state index in [1.165, 1.54) is 28.5 Å². The van der Waals surface area contributed by atoms with Crippen molar-refractivity contribution in [3.63, 3.8) is 0 Å². The lowest BCUT2D eigenvalue weighted by atomic mass is 9.94. The Kier molecular flexibility index (Phi) is 9.38. The maximum Gasteiger partial charge on any atom is 0.327 e. The molecule has 0 aromatic heterocycles. The van der Waals surface area contributed by atoms with Gasteiger partial charge in [-0.15, -0.1) is 12.6 Å². The van der Waals surface area contributed by atoms with E-state index in [1.54, 1.807) is 0 Å². The summed E-state index contributed by atoms with van der Waals surface area (Å²) in [5.74, 6) is -2.53. The third-order valence-corrected chi connectivity index (χ3v) is 8.95. The van der Waals surface area contributed by atoms with Crippen LogP contribution in [0.1, 0.15) is 38.2 Å². The number of aliphatic carboxylic acids is 2. The van der Waals surface area contributed by atoms with Crippen LogP contribution in [0.3, 0.4) is 0 Å². The minimum Gasteiger partial charge on any atom is -0.481 e. The predicted molar refractivity (Wildman–Crippen MR) is 135 cm³/mol. The van der Waals surface area contributed by atoms with E-state index in [1.807, 2.05) is 29.2 Å². The molecule has 2 aliphatic rings. The first kappa shape index (κ1) is 26.5. The van der Waals surface area contributed by atoms with Gasteiger partial charge < -0.3 is 20.4 Å². The molecule has 184 valence electrons. The summed E-state index contributed by atoms with van der Waals surface area (Å²) in [5, 5.41) is 21.1. The monoisotopic (exact) mass is 524 g/mol. The number of rotatable bonds is 12. The third kappa shape index (κ3) is 7.19. The van der Waals surface area contributed by atoms with E-state index < -0.39 is 23.9 Å². The van der Waals surface area contributed by atoms with Gasteiger partial charge in [0.15, 0.2) is 5.78 Å². The van der Waals surface area contributed by atoms with Crippen LogP contribution in [-0.4, -0.2) is 62.3 Å². The van der Waals surface area contributed by atoms with Gasteiger partial charge in [-0.3, -0.25) is 14.4 Å². The molecule has 0 bridgehead atoms. The van der Waals surface area contributed by atoms with E-state index in [4.69, 9.17) is 0 Å². The molecule has 1 aromatic rings. The molecule has 0 spiro atoms. The van der Waals surface area contributed by atoms with Crippen molar-refractivity contribution < 1.29 is 29.4 Å². The predicted octanol–water partition coefficient (Wildman–Crippen LogP) is 3.23. The van der Waals surface area contributed by atoms with Gasteiger partial charge in [-0.05, 0) is 36.5 Å². The first-order valence-electron chi connectivity index (χ1n) is 11.0. The minimum atomic E-state index is -1.13. The highest BCUT2D eigenvalue weighted by molar-refractivity contribution is 8.77. The Morgan fingerprint density at radius 1 is 1.18 bits per heavy atom. The number of Topliss-reactive ketones (excluding diaryl/α,β-unsaturated/α-hetero) is 1. The van der Waals surface area contributed by atoms with Gasteiger partial charge in [-0.1, -0.05) is 39.8 Å². The van der Waals surface area contributed by atoms with Crippen LogP contribution in [0.2, 0.25) is 0 Å². The van der Waals surface area contributed by atoms with E-state index in [2.05, 4.69) is 17.9 Å². The van der Waals surface area contributed by atoms with Crippen LogP contribution < -0.4 is 5.32 Å². The van der Waals surface area contributed by atoms with Gasteiger partial charge in [-0.2, -0.15) is 0 Å². The Hall–Kier alpha value is -2.11. The summed E-state index contributed by atoms with van der Waals surface area (Å²) in [7, 11) is 2.64. The van der Waals surface area contributed by atoms with Gasteiger partial charge >= 0.3 is 11.9 Å². The zero-order chi connectivity index (χ0) is 24.8. The number of carboxylic acids is 2. The van der Waals surface area contributed by atoms with Crippen LogP contribution in [0.5, 0.6) is 0 Å². The Labute approximate surface area is 211 Å². The number of carbonyl (C=O) groups excluding carboxylic acids is 2. The number of hydrogen-bond acceptors (Lipinski definition) is 8. The lowest BCUT2D eigenvalue weighted by Crippen LogP contribution is -2.41. The summed E-state index contributed by atoms with van der Waals surface area (Å²) < 4.78 is 0. The number of nitrogens with one attached hydrogen (secondary N) is 1. The van der Waals surface area contributed by atoms with Crippen LogP contribution in [0.25, 0.3) is 0 Å². The second-order valence-electron chi connectivity index (χ2n) is 8.38. The first-order chi connectivity index (χ1) is 16.2. The first-order valence-corrected chi connectivity index (χ1v) is 13.8. The number of carbonyl (C=O) groups is 4. The Balaban J connectivity index is 1.85. The van der Waals surface area contributed by atoms with Crippen molar-refractivity contribution in [3.8, 4) is 0 Å². The average molecular weight is 525 g/mol. The second-order valence-corrected chi connectivity index (χ2v) is 11.5. The molecule has 1 aliphatic carbocycles. The lowest BCUT2D eigenvalue weighted by molar-refractivity contribution is -0.140. The smallest absolute Gasteiger partial charge is 0.327 e. The summed E-state index contributed by atoms with van der Waals surface area (Å²) in [6.45, 7) is 2.30. The molecule has 1 saturated carbocycles. The molecule has 0 radical (unpaired) electrons. The molecule has 2 unspecified atom stereocenters.